The third-order valence-corrected chi connectivity index (χ3v) is 3.40. The largest absolute Gasteiger partial charge is 0.457 e. The normalized spacial score (nSPS) is 11.4. The highest BCUT2D eigenvalue weighted by atomic mass is 33.1. The Morgan fingerprint density at radius 3 is 2.31 bits per heavy atom. The molecule has 0 aliphatic rings. The summed E-state index contributed by atoms with van der Waals surface area (Å²) in [7, 11) is -4.54. The van der Waals surface area contributed by atoms with E-state index >= 15 is 0 Å². The highest BCUT2D eigenvalue weighted by molar-refractivity contribution is 8.75. The molecule has 5 nitrogen and oxygen atoms in total. The van der Waals surface area contributed by atoms with Crippen molar-refractivity contribution in [1.82, 2.24) is 0 Å². The number of carbonyl (C=O) groups is 1. The Kier molecular flexibility index (Phi) is 8.68. The highest BCUT2D eigenvalue weighted by Gasteiger charge is 2.15. The summed E-state index contributed by atoms with van der Waals surface area (Å²) in [6, 6.07) is 0. The molecule has 7 heteroatoms. The zero-order valence-electron chi connectivity index (χ0n) is 9.35. The van der Waals surface area contributed by atoms with Crippen molar-refractivity contribution in [2.75, 3.05) is 6.61 Å². The van der Waals surface area contributed by atoms with Crippen molar-refractivity contribution >= 4 is 25.2 Å². The monoisotopic (exact) mass is 270 g/mol. The quantitative estimate of drug-likeness (QED) is 0.316. The SMILES string of the molecule is CCCCCCCCOC(=O)SS(=O)(=O)O. The predicted molar refractivity (Wildman–Crippen MR) is 63.9 cm³/mol. The first kappa shape index (κ1) is 15.7. The first-order valence-corrected chi connectivity index (χ1v) is 8.06. The minimum Gasteiger partial charge on any atom is -0.457 e. The van der Waals surface area contributed by atoms with Crippen LogP contribution in [0.5, 0.6) is 0 Å². The topological polar surface area (TPSA) is 80.7 Å². The molecule has 0 rings (SSSR count). The van der Waals surface area contributed by atoms with Gasteiger partial charge in [0.2, 0.25) is 0 Å². The minimum atomic E-state index is -4.34. The molecule has 0 aliphatic carbocycles. The average Bonchev–Trinajstić information content (AvgIpc) is 2.13. The van der Waals surface area contributed by atoms with Crippen LogP contribution in [-0.2, 0) is 13.9 Å². The maximum atomic E-state index is 10.8. The molecule has 1 N–H and O–H groups in total. The minimum absolute atomic E-state index is 0.202. The van der Waals surface area contributed by atoms with Gasteiger partial charge in [0.25, 0.3) is 0 Å². The van der Waals surface area contributed by atoms with E-state index in [1.165, 1.54) is 19.3 Å². The van der Waals surface area contributed by atoms with Gasteiger partial charge in [-0.05, 0) is 6.42 Å². The molecule has 0 radical (unpaired) electrons. The van der Waals surface area contributed by atoms with Gasteiger partial charge in [0.05, 0.1) is 6.61 Å². The number of ether oxygens (including phenoxy) is 1. The summed E-state index contributed by atoms with van der Waals surface area (Å²) in [5.74, 6) is 0. The fourth-order valence-corrected chi connectivity index (χ4v) is 2.11. The van der Waals surface area contributed by atoms with Crippen LogP contribution in [-0.4, -0.2) is 24.9 Å². The van der Waals surface area contributed by atoms with Crippen LogP contribution in [0.15, 0.2) is 0 Å². The summed E-state index contributed by atoms with van der Waals surface area (Å²) in [5, 5.41) is -0.976. The Morgan fingerprint density at radius 1 is 1.19 bits per heavy atom. The first-order valence-electron chi connectivity index (χ1n) is 5.29. The molecule has 0 atom stereocenters. The fraction of sp³-hybridized carbons (Fsp3) is 0.889. The molecule has 0 bridgehead atoms. The summed E-state index contributed by atoms with van der Waals surface area (Å²) in [6.45, 7) is 2.34. The summed E-state index contributed by atoms with van der Waals surface area (Å²) in [4.78, 5) is 10.8. The maximum Gasteiger partial charge on any atom is 0.385 e. The van der Waals surface area contributed by atoms with E-state index in [9.17, 15) is 13.2 Å². The van der Waals surface area contributed by atoms with E-state index in [0.717, 1.165) is 19.3 Å². The third kappa shape index (κ3) is 11.8. The Balaban J connectivity index is 3.35. The summed E-state index contributed by atoms with van der Waals surface area (Å²) >= 11 is 0. The Morgan fingerprint density at radius 2 is 1.75 bits per heavy atom. The van der Waals surface area contributed by atoms with Crippen molar-refractivity contribution in [3.05, 3.63) is 0 Å². The van der Waals surface area contributed by atoms with Crippen molar-refractivity contribution < 1.29 is 22.5 Å². The molecule has 0 unspecified atom stereocenters. The number of carbonyl (C=O) groups excluding carboxylic acids is 1. The van der Waals surface area contributed by atoms with E-state index < -0.39 is 14.5 Å². The van der Waals surface area contributed by atoms with Crippen molar-refractivity contribution in [2.45, 2.75) is 45.4 Å². The summed E-state index contributed by atoms with van der Waals surface area (Å²) in [5.41, 5.74) is 0. The molecule has 0 aromatic heterocycles. The Bertz CT molecular complexity index is 286. The molecule has 96 valence electrons. The van der Waals surface area contributed by atoms with Crippen LogP contribution in [0.3, 0.4) is 0 Å². The number of unbranched alkanes of at least 4 members (excludes halogenated alkanes) is 5. The van der Waals surface area contributed by atoms with E-state index in [1.807, 2.05) is 0 Å². The molecule has 0 aromatic rings. The lowest BCUT2D eigenvalue weighted by Crippen LogP contribution is -2.03. The lowest BCUT2D eigenvalue weighted by atomic mass is 10.1. The third-order valence-electron chi connectivity index (χ3n) is 1.89. The predicted octanol–water partition coefficient (Wildman–Crippen LogP) is 3.02. The second-order valence-corrected chi connectivity index (χ2v) is 6.50. The number of hydrogen-bond acceptors (Lipinski definition) is 5. The lowest BCUT2D eigenvalue weighted by molar-refractivity contribution is 0.172. The molecule has 0 saturated heterocycles. The van der Waals surface area contributed by atoms with Gasteiger partial charge in [-0.3, -0.25) is 4.55 Å². The average molecular weight is 270 g/mol. The standard InChI is InChI=1S/C9H18O5S2/c1-2-3-4-5-6-7-8-14-9(10)15-16(11,12)13/h2-8H2,1H3,(H,11,12,13). The maximum absolute atomic E-state index is 10.8. The number of hydrogen-bond donors (Lipinski definition) is 1. The molecular formula is C9H18O5S2. The van der Waals surface area contributed by atoms with Gasteiger partial charge in [-0.15, -0.1) is 0 Å². The van der Waals surface area contributed by atoms with Gasteiger partial charge < -0.3 is 4.74 Å². The van der Waals surface area contributed by atoms with Crippen LogP contribution in [0.4, 0.5) is 4.79 Å². The van der Waals surface area contributed by atoms with Crippen molar-refractivity contribution in [1.29, 1.82) is 0 Å². The molecule has 0 aliphatic heterocycles. The summed E-state index contributed by atoms with van der Waals surface area (Å²) in [6.07, 6.45) is 6.34. The highest BCUT2D eigenvalue weighted by Crippen LogP contribution is 2.13. The number of rotatable bonds is 8. The van der Waals surface area contributed by atoms with Gasteiger partial charge in [0, 0.05) is 0 Å². The molecule has 0 aromatic carbocycles. The van der Waals surface area contributed by atoms with Gasteiger partial charge in [-0.1, -0.05) is 39.0 Å². The second kappa shape index (κ2) is 8.83. The van der Waals surface area contributed by atoms with Crippen LogP contribution in [0.25, 0.3) is 0 Å². The van der Waals surface area contributed by atoms with Gasteiger partial charge in [-0.25, -0.2) is 4.79 Å². The van der Waals surface area contributed by atoms with Crippen LogP contribution < -0.4 is 0 Å². The van der Waals surface area contributed by atoms with Crippen LogP contribution >= 0.6 is 10.8 Å². The fourth-order valence-electron chi connectivity index (χ4n) is 1.15. The smallest absolute Gasteiger partial charge is 0.385 e. The zero-order chi connectivity index (χ0) is 12.4. The van der Waals surface area contributed by atoms with E-state index in [0.29, 0.717) is 0 Å². The van der Waals surface area contributed by atoms with Gasteiger partial charge in [0.15, 0.2) is 0 Å². The van der Waals surface area contributed by atoms with E-state index in [4.69, 9.17) is 4.55 Å². The van der Waals surface area contributed by atoms with E-state index in [2.05, 4.69) is 11.7 Å². The van der Waals surface area contributed by atoms with Crippen molar-refractivity contribution in [3.63, 3.8) is 0 Å². The molecule has 0 saturated carbocycles. The van der Waals surface area contributed by atoms with Gasteiger partial charge in [-0.2, -0.15) is 8.42 Å². The zero-order valence-corrected chi connectivity index (χ0v) is 11.0. The van der Waals surface area contributed by atoms with Gasteiger partial charge in [0.1, 0.15) is 10.8 Å². The van der Waals surface area contributed by atoms with Gasteiger partial charge >= 0.3 is 14.5 Å². The molecule has 0 fully saturated rings. The van der Waals surface area contributed by atoms with E-state index in [1.54, 1.807) is 0 Å². The summed E-state index contributed by atoms with van der Waals surface area (Å²) < 4.78 is 33.5. The molecule has 0 amide bonds. The molecule has 0 spiro atoms. The first-order chi connectivity index (χ1) is 7.45. The van der Waals surface area contributed by atoms with Crippen molar-refractivity contribution in [2.24, 2.45) is 0 Å². The van der Waals surface area contributed by atoms with Crippen molar-refractivity contribution in [3.8, 4) is 0 Å². The molecule has 0 heterocycles. The second-order valence-electron chi connectivity index (χ2n) is 3.38. The van der Waals surface area contributed by atoms with E-state index in [-0.39, 0.29) is 17.4 Å². The van der Waals surface area contributed by atoms with Crippen LogP contribution in [0.1, 0.15) is 45.4 Å². The Hall–Kier alpha value is -0.270. The lowest BCUT2D eigenvalue weighted by Gasteiger charge is -2.02. The molecular weight excluding hydrogens is 252 g/mol. The Labute approximate surface area is 100 Å². The van der Waals surface area contributed by atoms with Crippen LogP contribution in [0.2, 0.25) is 0 Å². The van der Waals surface area contributed by atoms with Crippen LogP contribution in [0, 0.1) is 0 Å². The molecule has 16 heavy (non-hydrogen) atoms.